The second kappa shape index (κ2) is 5.64. The zero-order valence-electron chi connectivity index (χ0n) is 11.6. The highest BCUT2D eigenvalue weighted by atomic mass is 16.2. The van der Waals surface area contributed by atoms with Crippen LogP contribution in [0.4, 0.5) is 5.69 Å². The highest BCUT2D eigenvalue weighted by molar-refractivity contribution is 5.95. The number of benzene rings is 1. The Bertz CT molecular complexity index is 634. The molecule has 20 heavy (non-hydrogen) atoms. The van der Waals surface area contributed by atoms with Crippen molar-refractivity contribution in [1.29, 1.82) is 0 Å². The van der Waals surface area contributed by atoms with Crippen LogP contribution >= 0.6 is 0 Å². The molecular weight excluding hydrogens is 256 g/mol. The zero-order chi connectivity index (χ0) is 14.7. The molecular formula is C14H16N4O2. The fourth-order valence-corrected chi connectivity index (χ4v) is 1.91. The number of carbonyl (C=O) groups is 2. The maximum Gasteiger partial charge on any atom is 0.249 e. The van der Waals surface area contributed by atoms with Crippen LogP contribution in [-0.4, -0.2) is 26.7 Å². The fraction of sp³-hybridized carbons (Fsp3) is 0.286. The molecule has 0 aliphatic rings. The van der Waals surface area contributed by atoms with Crippen LogP contribution < -0.4 is 5.32 Å². The van der Waals surface area contributed by atoms with Gasteiger partial charge in [-0.2, -0.15) is 0 Å². The number of ketones is 1. The van der Waals surface area contributed by atoms with Crippen molar-refractivity contribution in [1.82, 2.24) is 15.0 Å². The van der Waals surface area contributed by atoms with Gasteiger partial charge < -0.3 is 5.32 Å². The highest BCUT2D eigenvalue weighted by Gasteiger charge is 2.21. The largest absolute Gasteiger partial charge is 0.324 e. The molecule has 1 amide bonds. The topological polar surface area (TPSA) is 76.9 Å². The molecule has 1 unspecified atom stereocenters. The first-order valence-electron chi connectivity index (χ1n) is 6.29. The molecule has 0 aliphatic carbocycles. The average molecular weight is 272 g/mol. The molecule has 1 N–H and O–H groups in total. The SMILES string of the molecule is CC(=O)c1nnn(C(C)C(=O)Nc2ccccc2)c1C. The summed E-state index contributed by atoms with van der Waals surface area (Å²) in [5.74, 6) is -0.372. The second-order valence-electron chi connectivity index (χ2n) is 4.56. The van der Waals surface area contributed by atoms with Crippen LogP contribution in [0.15, 0.2) is 30.3 Å². The minimum atomic E-state index is -0.546. The molecule has 0 fully saturated rings. The van der Waals surface area contributed by atoms with E-state index in [1.54, 1.807) is 26.0 Å². The van der Waals surface area contributed by atoms with Gasteiger partial charge >= 0.3 is 0 Å². The molecule has 0 saturated heterocycles. The number of para-hydroxylation sites is 1. The van der Waals surface area contributed by atoms with Crippen molar-refractivity contribution in [2.75, 3.05) is 5.32 Å². The lowest BCUT2D eigenvalue weighted by Crippen LogP contribution is -2.25. The summed E-state index contributed by atoms with van der Waals surface area (Å²) in [5.41, 5.74) is 1.60. The van der Waals surface area contributed by atoms with Crippen LogP contribution in [0.1, 0.15) is 36.1 Å². The zero-order valence-corrected chi connectivity index (χ0v) is 11.6. The van der Waals surface area contributed by atoms with Crippen molar-refractivity contribution in [3.05, 3.63) is 41.7 Å². The molecule has 1 atom stereocenters. The summed E-state index contributed by atoms with van der Waals surface area (Å²) in [5, 5.41) is 10.5. The van der Waals surface area contributed by atoms with Gasteiger partial charge in [0, 0.05) is 12.6 Å². The first-order valence-corrected chi connectivity index (χ1v) is 6.29. The molecule has 0 spiro atoms. The van der Waals surface area contributed by atoms with E-state index in [0.717, 1.165) is 0 Å². The van der Waals surface area contributed by atoms with Gasteiger partial charge in [-0.05, 0) is 26.0 Å². The van der Waals surface area contributed by atoms with Crippen LogP contribution in [0.25, 0.3) is 0 Å². The second-order valence-corrected chi connectivity index (χ2v) is 4.56. The highest BCUT2D eigenvalue weighted by Crippen LogP contribution is 2.14. The Labute approximate surface area is 116 Å². The fourth-order valence-electron chi connectivity index (χ4n) is 1.91. The van der Waals surface area contributed by atoms with Crippen LogP contribution in [0.2, 0.25) is 0 Å². The summed E-state index contributed by atoms with van der Waals surface area (Å²) in [4.78, 5) is 23.5. The van der Waals surface area contributed by atoms with E-state index >= 15 is 0 Å². The van der Waals surface area contributed by atoms with Gasteiger partial charge in [-0.25, -0.2) is 4.68 Å². The molecule has 1 heterocycles. The van der Waals surface area contributed by atoms with Gasteiger partial charge in [0.1, 0.15) is 6.04 Å². The molecule has 0 radical (unpaired) electrons. The molecule has 2 rings (SSSR count). The summed E-state index contributed by atoms with van der Waals surface area (Å²) < 4.78 is 1.45. The molecule has 2 aromatic rings. The van der Waals surface area contributed by atoms with Crippen molar-refractivity contribution in [3.8, 4) is 0 Å². The first kappa shape index (κ1) is 13.9. The van der Waals surface area contributed by atoms with Crippen LogP contribution in [0.3, 0.4) is 0 Å². The number of nitrogens with one attached hydrogen (secondary N) is 1. The summed E-state index contributed by atoms with van der Waals surface area (Å²) in [6.07, 6.45) is 0. The van der Waals surface area contributed by atoms with Gasteiger partial charge in [0.05, 0.1) is 5.69 Å². The quantitative estimate of drug-likeness (QED) is 0.863. The van der Waals surface area contributed by atoms with Gasteiger partial charge in [-0.1, -0.05) is 23.4 Å². The number of aromatic nitrogens is 3. The van der Waals surface area contributed by atoms with Crippen molar-refractivity contribution in [2.24, 2.45) is 0 Å². The molecule has 6 heteroatoms. The number of nitrogens with zero attached hydrogens (tertiary/aromatic N) is 3. The molecule has 0 aliphatic heterocycles. The van der Waals surface area contributed by atoms with Crippen molar-refractivity contribution >= 4 is 17.4 Å². The number of carbonyl (C=O) groups excluding carboxylic acids is 2. The number of hydrogen-bond donors (Lipinski definition) is 1. The van der Waals surface area contributed by atoms with E-state index in [2.05, 4.69) is 15.6 Å². The third kappa shape index (κ3) is 2.74. The summed E-state index contributed by atoms with van der Waals surface area (Å²) >= 11 is 0. The summed E-state index contributed by atoms with van der Waals surface area (Å²) in [6, 6.07) is 8.62. The van der Waals surface area contributed by atoms with Crippen LogP contribution in [0.5, 0.6) is 0 Å². The van der Waals surface area contributed by atoms with Gasteiger partial charge in [0.15, 0.2) is 11.5 Å². The lowest BCUT2D eigenvalue weighted by molar-refractivity contribution is -0.119. The minimum Gasteiger partial charge on any atom is -0.324 e. The molecule has 0 bridgehead atoms. The monoisotopic (exact) mass is 272 g/mol. The Balaban J connectivity index is 2.17. The third-order valence-corrected chi connectivity index (χ3v) is 3.05. The Kier molecular flexibility index (Phi) is 3.93. The van der Waals surface area contributed by atoms with E-state index in [1.165, 1.54) is 11.6 Å². The number of hydrogen-bond acceptors (Lipinski definition) is 4. The number of amides is 1. The Morgan fingerprint density at radius 3 is 2.45 bits per heavy atom. The maximum atomic E-state index is 12.2. The Hall–Kier alpha value is -2.50. The smallest absolute Gasteiger partial charge is 0.249 e. The molecule has 1 aromatic heterocycles. The number of Topliss-reactive ketones (excluding diaryl/α,β-unsaturated/α-hetero) is 1. The van der Waals surface area contributed by atoms with Gasteiger partial charge in [0.2, 0.25) is 5.91 Å². The van der Waals surface area contributed by atoms with Gasteiger partial charge in [0.25, 0.3) is 0 Å². The van der Waals surface area contributed by atoms with E-state index in [-0.39, 0.29) is 11.7 Å². The van der Waals surface area contributed by atoms with E-state index in [1.807, 2.05) is 18.2 Å². The van der Waals surface area contributed by atoms with Gasteiger partial charge in [-0.3, -0.25) is 9.59 Å². The number of rotatable bonds is 4. The van der Waals surface area contributed by atoms with Crippen molar-refractivity contribution in [3.63, 3.8) is 0 Å². The summed E-state index contributed by atoms with van der Waals surface area (Å²) in [6.45, 7) is 4.86. The normalized spacial score (nSPS) is 11.9. The third-order valence-electron chi connectivity index (χ3n) is 3.05. The Morgan fingerprint density at radius 2 is 1.90 bits per heavy atom. The lowest BCUT2D eigenvalue weighted by Gasteiger charge is -2.13. The van der Waals surface area contributed by atoms with Crippen molar-refractivity contribution in [2.45, 2.75) is 26.8 Å². The van der Waals surface area contributed by atoms with E-state index < -0.39 is 6.04 Å². The molecule has 6 nitrogen and oxygen atoms in total. The minimum absolute atomic E-state index is 0.163. The van der Waals surface area contributed by atoms with E-state index in [4.69, 9.17) is 0 Å². The van der Waals surface area contributed by atoms with Crippen LogP contribution in [-0.2, 0) is 4.79 Å². The van der Waals surface area contributed by atoms with Gasteiger partial charge in [-0.15, -0.1) is 5.10 Å². The molecule has 0 saturated carbocycles. The van der Waals surface area contributed by atoms with E-state index in [0.29, 0.717) is 17.1 Å². The standard InChI is InChI=1S/C14H16N4O2/c1-9-13(11(3)19)16-17-18(9)10(2)14(20)15-12-7-5-4-6-8-12/h4-8,10H,1-3H3,(H,15,20). The summed E-state index contributed by atoms with van der Waals surface area (Å²) in [7, 11) is 0. The first-order chi connectivity index (χ1) is 9.50. The molecule has 104 valence electrons. The van der Waals surface area contributed by atoms with Crippen LogP contribution in [0, 0.1) is 6.92 Å². The molecule has 1 aromatic carbocycles. The van der Waals surface area contributed by atoms with E-state index in [9.17, 15) is 9.59 Å². The number of anilines is 1. The lowest BCUT2D eigenvalue weighted by atomic mass is 10.2. The predicted molar refractivity (Wildman–Crippen MR) is 74.5 cm³/mol. The Morgan fingerprint density at radius 1 is 1.25 bits per heavy atom. The average Bonchev–Trinajstić information content (AvgIpc) is 2.81. The predicted octanol–water partition coefficient (Wildman–Crippen LogP) is 1.99. The van der Waals surface area contributed by atoms with Crippen molar-refractivity contribution < 1.29 is 9.59 Å². The maximum absolute atomic E-state index is 12.2.